The summed E-state index contributed by atoms with van der Waals surface area (Å²) in [4.78, 5) is 13.3. The Morgan fingerprint density at radius 1 is 1.48 bits per heavy atom. The number of amides is 1. The smallest absolute Gasteiger partial charge is 0.261 e. The lowest BCUT2D eigenvalue weighted by Gasteiger charge is -2.22. The highest BCUT2D eigenvalue weighted by atomic mass is 32.1. The van der Waals surface area contributed by atoms with Gasteiger partial charge in [0.1, 0.15) is 5.75 Å². The Morgan fingerprint density at radius 2 is 2.33 bits per heavy atom. The summed E-state index contributed by atoms with van der Waals surface area (Å²) in [5.41, 5.74) is 1.02. The average molecular weight is 305 g/mol. The fourth-order valence-corrected chi connectivity index (χ4v) is 3.74. The number of aryl methyl sites for hydroxylation is 1. The molecule has 1 N–H and O–H groups in total. The number of fused-ring (bicyclic) bond motifs is 1. The molecule has 2 heterocycles. The van der Waals surface area contributed by atoms with Gasteiger partial charge in [-0.1, -0.05) is 0 Å². The Hall–Kier alpha value is -1.59. The molecule has 0 radical (unpaired) electrons. The number of methoxy groups -OCH3 is 1. The van der Waals surface area contributed by atoms with Crippen LogP contribution in [-0.4, -0.2) is 32.3 Å². The highest BCUT2D eigenvalue weighted by Gasteiger charge is 2.20. The van der Waals surface area contributed by atoms with Crippen LogP contribution in [0.2, 0.25) is 0 Å². The minimum atomic E-state index is 0.00293. The summed E-state index contributed by atoms with van der Waals surface area (Å²) >= 11 is 1.53. The van der Waals surface area contributed by atoms with Crippen LogP contribution in [0, 0.1) is 6.92 Å². The van der Waals surface area contributed by atoms with E-state index >= 15 is 0 Å². The molecule has 1 fully saturated rings. The van der Waals surface area contributed by atoms with Crippen molar-refractivity contribution in [2.45, 2.75) is 25.8 Å². The van der Waals surface area contributed by atoms with Crippen LogP contribution < -0.4 is 10.1 Å². The third-order valence-electron chi connectivity index (χ3n) is 3.85. The van der Waals surface area contributed by atoms with Gasteiger partial charge >= 0.3 is 0 Å². The lowest BCUT2D eigenvalue weighted by molar-refractivity contribution is 0.0625. The second kappa shape index (κ2) is 6.03. The van der Waals surface area contributed by atoms with E-state index in [1.54, 1.807) is 7.11 Å². The molecule has 1 aliphatic rings. The van der Waals surface area contributed by atoms with Gasteiger partial charge in [-0.3, -0.25) is 4.79 Å². The first-order valence-electron chi connectivity index (χ1n) is 7.15. The zero-order chi connectivity index (χ0) is 14.8. The van der Waals surface area contributed by atoms with E-state index < -0.39 is 0 Å². The van der Waals surface area contributed by atoms with E-state index in [0.717, 1.165) is 45.7 Å². The molecular weight excluding hydrogens is 286 g/mol. The lowest BCUT2D eigenvalue weighted by atomic mass is 10.1. The van der Waals surface area contributed by atoms with Crippen LogP contribution in [0.1, 0.15) is 28.1 Å². The van der Waals surface area contributed by atoms with Crippen LogP contribution in [0.5, 0.6) is 5.75 Å². The molecule has 1 saturated heterocycles. The third kappa shape index (κ3) is 2.89. The van der Waals surface area contributed by atoms with Crippen LogP contribution in [0.25, 0.3) is 10.1 Å². The topological polar surface area (TPSA) is 47.6 Å². The van der Waals surface area contributed by atoms with Crippen LogP contribution in [0.15, 0.2) is 18.2 Å². The summed E-state index contributed by atoms with van der Waals surface area (Å²) in [7, 11) is 1.65. The van der Waals surface area contributed by atoms with E-state index in [2.05, 4.69) is 5.32 Å². The summed E-state index contributed by atoms with van der Waals surface area (Å²) < 4.78 is 11.8. The minimum absolute atomic E-state index is 0.00293. The predicted octanol–water partition coefficient (Wildman–Crippen LogP) is 3.13. The van der Waals surface area contributed by atoms with Crippen molar-refractivity contribution in [1.29, 1.82) is 0 Å². The number of hydrogen-bond acceptors (Lipinski definition) is 4. The number of thiophene rings is 1. The number of carbonyl (C=O) groups is 1. The Morgan fingerprint density at radius 3 is 3.05 bits per heavy atom. The molecule has 1 aliphatic heterocycles. The van der Waals surface area contributed by atoms with Gasteiger partial charge in [-0.05, 0) is 48.9 Å². The van der Waals surface area contributed by atoms with E-state index in [-0.39, 0.29) is 11.9 Å². The highest BCUT2D eigenvalue weighted by molar-refractivity contribution is 7.21. The van der Waals surface area contributed by atoms with Crippen molar-refractivity contribution in [3.05, 3.63) is 28.6 Å². The molecule has 1 unspecified atom stereocenters. The van der Waals surface area contributed by atoms with Crippen LogP contribution in [0.4, 0.5) is 0 Å². The van der Waals surface area contributed by atoms with E-state index in [1.807, 2.05) is 25.1 Å². The molecule has 0 aliphatic carbocycles. The average Bonchev–Trinajstić information content (AvgIpc) is 2.85. The maximum Gasteiger partial charge on any atom is 0.261 e. The Kier molecular flexibility index (Phi) is 4.12. The van der Waals surface area contributed by atoms with E-state index in [9.17, 15) is 4.79 Å². The highest BCUT2D eigenvalue weighted by Crippen LogP contribution is 2.33. The first-order valence-corrected chi connectivity index (χ1v) is 7.96. The molecule has 21 heavy (non-hydrogen) atoms. The first-order chi connectivity index (χ1) is 10.2. The fourth-order valence-electron chi connectivity index (χ4n) is 2.65. The standard InChI is InChI=1S/C16H19NO3S/c1-10-13-8-12(19-2)5-6-14(13)21-15(10)16(18)17-11-4-3-7-20-9-11/h5-6,8,11H,3-4,7,9H2,1-2H3,(H,17,18). The summed E-state index contributed by atoms with van der Waals surface area (Å²) in [6.45, 7) is 3.40. The summed E-state index contributed by atoms with van der Waals surface area (Å²) in [5, 5.41) is 4.17. The molecule has 0 saturated carbocycles. The molecule has 1 aromatic carbocycles. The zero-order valence-corrected chi connectivity index (χ0v) is 13.1. The number of benzene rings is 1. The normalized spacial score (nSPS) is 18.7. The van der Waals surface area contributed by atoms with Crippen molar-refractivity contribution >= 4 is 27.3 Å². The molecule has 0 spiro atoms. The molecule has 5 heteroatoms. The summed E-state index contributed by atoms with van der Waals surface area (Å²) in [5.74, 6) is 0.819. The van der Waals surface area contributed by atoms with Crippen LogP contribution in [-0.2, 0) is 4.74 Å². The van der Waals surface area contributed by atoms with Crippen molar-refractivity contribution < 1.29 is 14.3 Å². The molecular formula is C16H19NO3S. The minimum Gasteiger partial charge on any atom is -0.497 e. The second-order valence-corrected chi connectivity index (χ2v) is 6.36. The molecule has 1 amide bonds. The number of rotatable bonds is 3. The number of hydrogen-bond donors (Lipinski definition) is 1. The molecule has 4 nitrogen and oxygen atoms in total. The molecule has 2 aromatic rings. The van der Waals surface area contributed by atoms with E-state index in [1.165, 1.54) is 11.3 Å². The van der Waals surface area contributed by atoms with Gasteiger partial charge in [0.2, 0.25) is 0 Å². The Labute approximate surface area is 128 Å². The van der Waals surface area contributed by atoms with Crippen molar-refractivity contribution in [3.63, 3.8) is 0 Å². The van der Waals surface area contributed by atoms with Gasteiger partial charge in [0.05, 0.1) is 24.6 Å². The van der Waals surface area contributed by atoms with Gasteiger partial charge < -0.3 is 14.8 Å². The van der Waals surface area contributed by atoms with Gasteiger partial charge in [-0.15, -0.1) is 11.3 Å². The van der Waals surface area contributed by atoms with Crippen molar-refractivity contribution in [3.8, 4) is 5.75 Å². The molecule has 112 valence electrons. The van der Waals surface area contributed by atoms with E-state index in [4.69, 9.17) is 9.47 Å². The quantitative estimate of drug-likeness (QED) is 0.947. The van der Waals surface area contributed by atoms with E-state index in [0.29, 0.717) is 6.61 Å². The largest absolute Gasteiger partial charge is 0.497 e. The molecule has 1 aromatic heterocycles. The zero-order valence-electron chi connectivity index (χ0n) is 12.3. The molecule has 3 rings (SSSR count). The Balaban J connectivity index is 1.85. The van der Waals surface area contributed by atoms with Crippen LogP contribution >= 0.6 is 11.3 Å². The molecule has 0 bridgehead atoms. The second-order valence-electron chi connectivity index (χ2n) is 5.31. The summed E-state index contributed by atoms with van der Waals surface area (Å²) in [6.07, 6.45) is 2.00. The van der Waals surface area contributed by atoms with Gasteiger partial charge in [0.25, 0.3) is 5.91 Å². The third-order valence-corrected chi connectivity index (χ3v) is 5.12. The maximum atomic E-state index is 12.5. The van der Waals surface area contributed by atoms with Gasteiger partial charge in [-0.2, -0.15) is 0 Å². The number of nitrogens with one attached hydrogen (secondary N) is 1. The maximum absolute atomic E-state index is 12.5. The van der Waals surface area contributed by atoms with Gasteiger partial charge in [-0.25, -0.2) is 0 Å². The molecule has 1 atom stereocenters. The van der Waals surface area contributed by atoms with Gasteiger partial charge in [0.15, 0.2) is 0 Å². The fraction of sp³-hybridized carbons (Fsp3) is 0.438. The lowest BCUT2D eigenvalue weighted by Crippen LogP contribution is -2.40. The number of ether oxygens (including phenoxy) is 2. The SMILES string of the molecule is COc1ccc2sc(C(=O)NC3CCCOC3)c(C)c2c1. The van der Waals surface area contributed by atoms with Crippen molar-refractivity contribution in [2.75, 3.05) is 20.3 Å². The van der Waals surface area contributed by atoms with Crippen molar-refractivity contribution in [1.82, 2.24) is 5.32 Å². The Bertz CT molecular complexity index is 659. The monoisotopic (exact) mass is 305 g/mol. The number of carbonyl (C=O) groups excluding carboxylic acids is 1. The summed E-state index contributed by atoms with van der Waals surface area (Å²) in [6, 6.07) is 6.05. The van der Waals surface area contributed by atoms with Gasteiger partial charge in [0, 0.05) is 11.3 Å². The first kappa shape index (κ1) is 14.4. The predicted molar refractivity (Wildman–Crippen MR) is 84.4 cm³/mol. The van der Waals surface area contributed by atoms with Crippen LogP contribution in [0.3, 0.4) is 0 Å². The van der Waals surface area contributed by atoms with Crippen molar-refractivity contribution in [2.24, 2.45) is 0 Å².